The van der Waals surface area contributed by atoms with E-state index in [9.17, 15) is 14.5 Å². The number of anilines is 1. The molecule has 15 heavy (non-hydrogen) atoms. The van der Waals surface area contributed by atoms with Crippen LogP contribution in [0.25, 0.3) is 0 Å². The summed E-state index contributed by atoms with van der Waals surface area (Å²) < 4.78 is 12.6. The third-order valence-corrected chi connectivity index (χ3v) is 2.38. The number of nitrogens with zero attached hydrogens (tertiary/aromatic N) is 4. The zero-order valence-electron chi connectivity index (χ0n) is 7.97. The van der Waals surface area contributed by atoms with Crippen molar-refractivity contribution in [3.63, 3.8) is 0 Å². The summed E-state index contributed by atoms with van der Waals surface area (Å²) in [5, 5.41) is 14.8. The maximum absolute atomic E-state index is 12.6. The van der Waals surface area contributed by atoms with Gasteiger partial charge in [-0.15, -0.1) is 0 Å². The fourth-order valence-electron chi connectivity index (χ4n) is 0.867. The third-order valence-electron chi connectivity index (χ3n) is 1.51. The lowest BCUT2D eigenvalue weighted by molar-refractivity contribution is -0.485. The average molecular weight is 233 g/mol. The van der Waals surface area contributed by atoms with E-state index in [4.69, 9.17) is 0 Å². The van der Waals surface area contributed by atoms with Crippen molar-refractivity contribution < 1.29 is 9.42 Å². The Morgan fingerprint density at radius 3 is 2.93 bits per heavy atom. The first-order valence-electron chi connectivity index (χ1n) is 3.80. The number of hydrogen-bond acceptors (Lipinski definition) is 4. The second kappa shape index (κ2) is 4.64. The molecule has 0 radical (unpaired) electrons. The molecule has 1 heterocycles. The van der Waals surface area contributed by atoms with Crippen LogP contribution >= 0.6 is 11.3 Å². The summed E-state index contributed by atoms with van der Waals surface area (Å²) in [5.41, 5.74) is 0. The van der Waals surface area contributed by atoms with Gasteiger partial charge in [-0.1, -0.05) is 11.3 Å². The molecular weight excluding hydrogens is 225 g/mol. The summed E-state index contributed by atoms with van der Waals surface area (Å²) in [6, 6.07) is 0. The highest BCUT2D eigenvalue weighted by atomic mass is 32.1. The minimum Gasteiger partial charge on any atom is -0.354 e. The van der Waals surface area contributed by atoms with Gasteiger partial charge in [0.25, 0.3) is 11.2 Å². The molecule has 0 saturated heterocycles. The van der Waals surface area contributed by atoms with Gasteiger partial charge in [0.05, 0.1) is 6.20 Å². The third kappa shape index (κ3) is 2.84. The second-order valence-corrected chi connectivity index (χ2v) is 3.38. The Morgan fingerprint density at radius 2 is 2.53 bits per heavy atom. The zero-order valence-corrected chi connectivity index (χ0v) is 8.79. The van der Waals surface area contributed by atoms with Crippen LogP contribution in [-0.2, 0) is 0 Å². The van der Waals surface area contributed by atoms with E-state index in [1.54, 1.807) is 0 Å². The Kier molecular flexibility index (Phi) is 3.50. The molecule has 1 aromatic heterocycles. The lowest BCUT2D eigenvalue weighted by Gasteiger charge is -2.14. The van der Waals surface area contributed by atoms with Gasteiger partial charge in [0, 0.05) is 14.1 Å². The Morgan fingerprint density at radius 1 is 1.87 bits per heavy atom. The molecule has 0 unspecified atom stereocenters. The highest BCUT2D eigenvalue weighted by Crippen LogP contribution is 2.20. The summed E-state index contributed by atoms with van der Waals surface area (Å²) in [6.45, 7) is 0. The molecule has 0 bridgehead atoms. The molecule has 1 rings (SSSR count). The smallest absolute Gasteiger partial charge is 0.275 e. The monoisotopic (exact) mass is 233 g/mol. The number of rotatable bonds is 2. The Labute approximate surface area is 88.4 Å². The van der Waals surface area contributed by atoms with E-state index >= 15 is 0 Å². The van der Waals surface area contributed by atoms with Crippen LogP contribution in [0.1, 0.15) is 0 Å². The molecule has 0 aliphatic rings. The molecule has 0 aliphatic heterocycles. The van der Waals surface area contributed by atoms with Crippen molar-refractivity contribution in [3.8, 4) is 0 Å². The number of guanidine groups is 1. The van der Waals surface area contributed by atoms with E-state index in [-0.39, 0.29) is 5.96 Å². The van der Waals surface area contributed by atoms with Gasteiger partial charge >= 0.3 is 0 Å². The molecule has 82 valence electrons. The van der Waals surface area contributed by atoms with Crippen molar-refractivity contribution in [2.45, 2.75) is 0 Å². The molecule has 1 N–H and O–H groups in total. The first-order chi connectivity index (χ1) is 7.04. The zero-order chi connectivity index (χ0) is 11.4. The first kappa shape index (κ1) is 11.3. The lowest BCUT2D eigenvalue weighted by atomic mass is 10.7. The van der Waals surface area contributed by atoms with Crippen molar-refractivity contribution in [1.82, 2.24) is 10.3 Å². The topological polar surface area (TPSA) is 83.7 Å². The van der Waals surface area contributed by atoms with Gasteiger partial charge in [0.2, 0.25) is 0 Å². The van der Waals surface area contributed by atoms with Crippen LogP contribution in [0.5, 0.6) is 0 Å². The maximum Gasteiger partial charge on any atom is 0.275 e. The number of halogens is 1. The van der Waals surface area contributed by atoms with Gasteiger partial charge in [0.15, 0.2) is 5.03 Å². The van der Waals surface area contributed by atoms with E-state index < -0.39 is 10.3 Å². The van der Waals surface area contributed by atoms with Crippen LogP contribution in [0.2, 0.25) is 0 Å². The fraction of sp³-hybridized carbons (Fsp3) is 0.333. The predicted octanol–water partition coefficient (Wildman–Crippen LogP) is 0.485. The molecule has 0 atom stereocenters. The number of aromatic nitrogens is 1. The van der Waals surface area contributed by atoms with Gasteiger partial charge in [0.1, 0.15) is 10.1 Å². The van der Waals surface area contributed by atoms with Crippen LogP contribution in [0, 0.1) is 15.4 Å². The van der Waals surface area contributed by atoms with Crippen molar-refractivity contribution in [3.05, 3.63) is 21.6 Å². The summed E-state index contributed by atoms with van der Waals surface area (Å²) in [6.07, 6.45) is 1.27. The van der Waals surface area contributed by atoms with Gasteiger partial charge in [-0.2, -0.15) is 4.39 Å². The average Bonchev–Trinajstić information content (AvgIpc) is 2.60. The normalized spacial score (nSPS) is 11.3. The first-order valence-corrected chi connectivity index (χ1v) is 4.62. The van der Waals surface area contributed by atoms with Gasteiger partial charge in [-0.05, 0) is 0 Å². The molecule has 0 spiro atoms. The summed E-state index contributed by atoms with van der Waals surface area (Å²) in [4.78, 5) is 14.9. The lowest BCUT2D eigenvalue weighted by Crippen LogP contribution is -2.37. The molecule has 0 amide bonds. The Balaban J connectivity index is 2.91. The number of hydrazone groups is 1. The van der Waals surface area contributed by atoms with Crippen molar-refractivity contribution in [2.75, 3.05) is 19.0 Å². The van der Waals surface area contributed by atoms with Crippen LogP contribution in [-0.4, -0.2) is 30.1 Å². The fourth-order valence-corrected chi connectivity index (χ4v) is 1.47. The molecular formula is C6H8FN5O2S. The predicted molar refractivity (Wildman–Crippen MR) is 54.0 cm³/mol. The number of thiazole rings is 1. The van der Waals surface area contributed by atoms with Crippen molar-refractivity contribution in [1.29, 1.82) is 0 Å². The number of hydrogen-bond donors (Lipinski definition) is 1. The van der Waals surface area contributed by atoms with Crippen molar-refractivity contribution in [2.24, 2.45) is 5.10 Å². The molecule has 0 aromatic carbocycles. The molecule has 0 fully saturated rings. The van der Waals surface area contributed by atoms with Gasteiger partial charge < -0.3 is 10.2 Å². The van der Waals surface area contributed by atoms with Gasteiger partial charge in [-0.3, -0.25) is 0 Å². The number of nitrogens with one attached hydrogen (secondary N) is 1. The minimum absolute atomic E-state index is 0.00338. The van der Waals surface area contributed by atoms with E-state index in [1.165, 1.54) is 25.2 Å². The standard InChI is InChI=1S/C6H8FN5O2S/c1-8-6(10-12(13)14)11(2)4-3-9-5(7)15-4/h3H,1-2H3,(H,8,10). The quantitative estimate of drug-likeness (QED) is 0.348. The van der Waals surface area contributed by atoms with Crippen LogP contribution in [0.15, 0.2) is 11.3 Å². The Bertz CT molecular complexity index is 393. The SMILES string of the molecule is CNC(=N[N+](=O)[O-])N(C)c1cnc(F)s1. The largest absolute Gasteiger partial charge is 0.354 e. The highest BCUT2D eigenvalue weighted by Gasteiger charge is 2.14. The van der Waals surface area contributed by atoms with E-state index in [0.717, 1.165) is 11.3 Å². The van der Waals surface area contributed by atoms with E-state index in [1.807, 2.05) is 0 Å². The molecule has 0 saturated carbocycles. The summed E-state index contributed by atoms with van der Waals surface area (Å²) in [5.74, 6) is 0.00338. The molecule has 9 heteroatoms. The Hall–Kier alpha value is -1.77. The van der Waals surface area contributed by atoms with E-state index in [0.29, 0.717) is 5.00 Å². The minimum atomic E-state index is -0.834. The number of nitro groups is 1. The van der Waals surface area contributed by atoms with Crippen LogP contribution in [0.4, 0.5) is 9.39 Å². The second-order valence-electron chi connectivity index (χ2n) is 2.42. The molecule has 1 aromatic rings. The van der Waals surface area contributed by atoms with Gasteiger partial charge in [-0.25, -0.2) is 15.1 Å². The van der Waals surface area contributed by atoms with E-state index in [2.05, 4.69) is 15.4 Å². The van der Waals surface area contributed by atoms with Crippen molar-refractivity contribution >= 4 is 22.3 Å². The molecule has 7 nitrogen and oxygen atoms in total. The van der Waals surface area contributed by atoms with Crippen LogP contribution in [0.3, 0.4) is 0 Å². The van der Waals surface area contributed by atoms with Crippen LogP contribution < -0.4 is 10.2 Å². The highest BCUT2D eigenvalue weighted by molar-refractivity contribution is 7.14. The summed E-state index contributed by atoms with van der Waals surface area (Å²) >= 11 is 0.771. The summed E-state index contributed by atoms with van der Waals surface area (Å²) in [7, 11) is 3.00. The maximum atomic E-state index is 12.6. The molecule has 0 aliphatic carbocycles.